The topological polar surface area (TPSA) is 78.4 Å². The highest BCUT2D eigenvalue weighted by Gasteiger charge is 2.28. The van der Waals surface area contributed by atoms with Gasteiger partial charge in [0.15, 0.2) is 0 Å². The Balaban J connectivity index is 1.90. The van der Waals surface area contributed by atoms with Gasteiger partial charge in [-0.3, -0.25) is 9.59 Å². The third-order valence-electron chi connectivity index (χ3n) is 4.66. The fourth-order valence-electron chi connectivity index (χ4n) is 3.09. The molecule has 0 bridgehead atoms. The lowest BCUT2D eigenvalue weighted by Gasteiger charge is -2.27. The van der Waals surface area contributed by atoms with E-state index in [1.54, 1.807) is 0 Å². The number of hydrogen-bond donors (Lipinski definition) is 3. The van der Waals surface area contributed by atoms with Crippen LogP contribution in [-0.4, -0.2) is 11.7 Å². The second-order valence-electron chi connectivity index (χ2n) is 6.58. The van der Waals surface area contributed by atoms with Crippen LogP contribution in [0.15, 0.2) is 70.3 Å². The zero-order valence-electron chi connectivity index (χ0n) is 15.3. The van der Waals surface area contributed by atoms with Gasteiger partial charge in [-0.15, -0.1) is 0 Å². The number of unbranched alkanes of at least 4 members (excludes halogenated alkanes) is 1. The van der Waals surface area contributed by atoms with E-state index in [-0.39, 0.29) is 5.69 Å². The molecule has 2 atom stereocenters. The van der Waals surface area contributed by atoms with Crippen molar-refractivity contribution in [3.63, 3.8) is 0 Å². The van der Waals surface area contributed by atoms with Crippen LogP contribution in [0, 0.1) is 0 Å². The summed E-state index contributed by atoms with van der Waals surface area (Å²) in [7, 11) is 0. The maximum Gasteiger partial charge on any atom is 0.253 e. The van der Waals surface area contributed by atoms with E-state index in [0.29, 0.717) is 12.2 Å². The molecule has 3 aromatic carbocycles. The smallest absolute Gasteiger partial charge is 0.253 e. The third-order valence-corrected chi connectivity index (χ3v) is 4.66. The van der Waals surface area contributed by atoms with Crippen molar-refractivity contribution in [3.8, 4) is 0 Å². The van der Waals surface area contributed by atoms with Crippen LogP contribution in [0.2, 0.25) is 0 Å². The SMILES string of the molecule is CCCCNc1c(N[C@@H](c2ccccc2)[C@H](O)c2ccccc2)c(=O)c1=O. The quantitative estimate of drug-likeness (QED) is 0.401. The summed E-state index contributed by atoms with van der Waals surface area (Å²) >= 11 is 0. The van der Waals surface area contributed by atoms with E-state index in [1.807, 2.05) is 60.7 Å². The van der Waals surface area contributed by atoms with Crippen molar-refractivity contribution in [2.24, 2.45) is 0 Å². The maximum absolute atomic E-state index is 12.1. The highest BCUT2D eigenvalue weighted by molar-refractivity contribution is 5.74. The molecule has 0 aliphatic rings. The first-order valence-electron chi connectivity index (χ1n) is 9.25. The van der Waals surface area contributed by atoms with Crippen LogP contribution in [0.25, 0.3) is 0 Å². The van der Waals surface area contributed by atoms with Crippen LogP contribution >= 0.6 is 0 Å². The Bertz CT molecular complexity index is 931. The standard InChI is InChI=1S/C22H24N2O3/c1-2-3-14-23-18-19(22(27)21(18)26)24-17(15-10-6-4-7-11-15)20(25)16-12-8-5-9-13-16/h4-13,17,20,23-25H,2-3,14H2,1H3/t17-,20+/m0/s1. The highest BCUT2D eigenvalue weighted by Crippen LogP contribution is 2.33. The Labute approximate surface area is 158 Å². The Morgan fingerprint density at radius 1 is 0.852 bits per heavy atom. The fourth-order valence-corrected chi connectivity index (χ4v) is 3.09. The van der Waals surface area contributed by atoms with Crippen LogP contribution in [0.1, 0.15) is 43.0 Å². The van der Waals surface area contributed by atoms with E-state index in [1.165, 1.54) is 0 Å². The van der Waals surface area contributed by atoms with E-state index >= 15 is 0 Å². The number of benzene rings is 2. The lowest BCUT2D eigenvalue weighted by Crippen LogP contribution is -2.39. The first-order valence-corrected chi connectivity index (χ1v) is 9.25. The summed E-state index contributed by atoms with van der Waals surface area (Å²) in [5, 5.41) is 17.1. The van der Waals surface area contributed by atoms with Crippen molar-refractivity contribution >= 4 is 11.4 Å². The van der Waals surface area contributed by atoms with Gasteiger partial charge in [0, 0.05) is 6.54 Å². The van der Waals surface area contributed by atoms with E-state index in [2.05, 4.69) is 17.6 Å². The molecule has 3 aromatic rings. The Hall–Kier alpha value is -2.92. The maximum atomic E-state index is 12.1. The van der Waals surface area contributed by atoms with E-state index in [0.717, 1.165) is 24.0 Å². The van der Waals surface area contributed by atoms with Gasteiger partial charge < -0.3 is 15.7 Å². The largest absolute Gasteiger partial charge is 0.386 e. The molecule has 0 aliphatic heterocycles. The third kappa shape index (κ3) is 4.09. The lowest BCUT2D eigenvalue weighted by atomic mass is 9.95. The molecule has 3 rings (SSSR count). The average Bonchev–Trinajstić information content (AvgIpc) is 2.73. The van der Waals surface area contributed by atoms with Crippen molar-refractivity contribution < 1.29 is 5.11 Å². The molecule has 0 aromatic heterocycles. The molecule has 0 saturated heterocycles. The van der Waals surface area contributed by atoms with Gasteiger partial charge in [0.2, 0.25) is 0 Å². The number of hydrogen-bond acceptors (Lipinski definition) is 5. The first-order chi connectivity index (χ1) is 13.1. The lowest BCUT2D eigenvalue weighted by molar-refractivity contribution is 0.155. The molecule has 0 fully saturated rings. The van der Waals surface area contributed by atoms with Gasteiger partial charge >= 0.3 is 0 Å². The van der Waals surface area contributed by atoms with Crippen LogP contribution in [0.4, 0.5) is 11.4 Å². The summed E-state index contributed by atoms with van der Waals surface area (Å²) in [5.74, 6) is 0. The van der Waals surface area contributed by atoms with Gasteiger partial charge in [0.1, 0.15) is 17.5 Å². The second kappa shape index (κ2) is 8.64. The van der Waals surface area contributed by atoms with Gasteiger partial charge in [-0.05, 0) is 17.5 Å². The van der Waals surface area contributed by atoms with Crippen molar-refractivity contribution in [2.45, 2.75) is 31.9 Å². The van der Waals surface area contributed by atoms with Crippen molar-refractivity contribution in [3.05, 3.63) is 92.2 Å². The molecule has 27 heavy (non-hydrogen) atoms. The molecule has 0 amide bonds. The van der Waals surface area contributed by atoms with E-state index in [4.69, 9.17) is 0 Å². The summed E-state index contributed by atoms with van der Waals surface area (Å²) in [4.78, 5) is 24.1. The van der Waals surface area contributed by atoms with Gasteiger partial charge in [-0.25, -0.2) is 0 Å². The monoisotopic (exact) mass is 364 g/mol. The molecule has 3 N–H and O–H groups in total. The fraction of sp³-hybridized carbons (Fsp3) is 0.273. The molecule has 5 heteroatoms. The van der Waals surface area contributed by atoms with Gasteiger partial charge in [0.05, 0.1) is 6.04 Å². The number of nitrogens with one attached hydrogen (secondary N) is 2. The predicted molar refractivity (Wildman–Crippen MR) is 109 cm³/mol. The molecule has 0 radical (unpaired) electrons. The Kier molecular flexibility index (Phi) is 6.04. The second-order valence-corrected chi connectivity index (χ2v) is 6.58. The van der Waals surface area contributed by atoms with Crippen LogP contribution < -0.4 is 21.5 Å². The summed E-state index contributed by atoms with van der Waals surface area (Å²) in [6.45, 7) is 2.69. The molecular weight excluding hydrogens is 340 g/mol. The number of rotatable bonds is 9. The zero-order chi connectivity index (χ0) is 19.2. The summed E-state index contributed by atoms with van der Waals surface area (Å²) in [5.41, 5.74) is 1.08. The first kappa shape index (κ1) is 18.9. The minimum atomic E-state index is -0.874. The molecule has 0 saturated carbocycles. The minimum absolute atomic E-state index is 0.250. The van der Waals surface area contributed by atoms with Crippen molar-refractivity contribution in [2.75, 3.05) is 17.2 Å². The average molecular weight is 364 g/mol. The predicted octanol–water partition coefficient (Wildman–Crippen LogP) is 3.38. The summed E-state index contributed by atoms with van der Waals surface area (Å²) < 4.78 is 0. The van der Waals surface area contributed by atoms with Gasteiger partial charge in [-0.2, -0.15) is 0 Å². The molecule has 0 spiro atoms. The summed E-state index contributed by atoms with van der Waals surface area (Å²) in [6, 6.07) is 18.1. The minimum Gasteiger partial charge on any atom is -0.386 e. The molecule has 140 valence electrons. The van der Waals surface area contributed by atoms with Crippen molar-refractivity contribution in [1.82, 2.24) is 0 Å². The molecule has 5 nitrogen and oxygen atoms in total. The van der Waals surface area contributed by atoms with Crippen molar-refractivity contribution in [1.29, 1.82) is 0 Å². The highest BCUT2D eigenvalue weighted by atomic mass is 16.3. The van der Waals surface area contributed by atoms with Gasteiger partial charge in [0.25, 0.3) is 10.9 Å². The van der Waals surface area contributed by atoms with Crippen LogP contribution in [0.5, 0.6) is 0 Å². The normalized spacial score (nSPS) is 13.3. The molecular formula is C22H24N2O3. The zero-order valence-corrected chi connectivity index (χ0v) is 15.3. The Morgan fingerprint density at radius 3 is 2.00 bits per heavy atom. The van der Waals surface area contributed by atoms with E-state index < -0.39 is 23.0 Å². The van der Waals surface area contributed by atoms with Crippen LogP contribution in [-0.2, 0) is 0 Å². The molecule has 0 aliphatic carbocycles. The number of aliphatic hydroxyl groups is 1. The number of aliphatic hydroxyl groups excluding tert-OH is 1. The van der Waals surface area contributed by atoms with Crippen LogP contribution in [0.3, 0.4) is 0 Å². The van der Waals surface area contributed by atoms with Gasteiger partial charge in [-0.1, -0.05) is 74.0 Å². The number of anilines is 2. The van der Waals surface area contributed by atoms with E-state index in [9.17, 15) is 14.7 Å². The molecule has 0 unspecified atom stereocenters. The summed E-state index contributed by atoms with van der Waals surface area (Å²) in [6.07, 6.45) is 1.03. The Morgan fingerprint density at radius 2 is 1.41 bits per heavy atom. The molecule has 0 heterocycles.